The summed E-state index contributed by atoms with van der Waals surface area (Å²) in [6.07, 6.45) is 1.07. The Bertz CT molecular complexity index is 665. The van der Waals surface area contributed by atoms with Crippen LogP contribution in [0, 0.1) is 18.8 Å². The topological polar surface area (TPSA) is 52.6 Å². The lowest BCUT2D eigenvalue weighted by atomic mass is 9.58. The molecule has 0 aromatic heterocycles. The molecule has 1 aromatic rings. The quantitative estimate of drug-likeness (QED) is 0.590. The van der Waals surface area contributed by atoms with Crippen LogP contribution in [0.1, 0.15) is 42.4 Å². The smallest absolute Gasteiger partial charge is 0.318 e. The Hall–Kier alpha value is -1.68. The molecule has 3 aliphatic rings. The van der Waals surface area contributed by atoms with Crippen LogP contribution >= 0.6 is 0 Å². The lowest BCUT2D eigenvalue weighted by Gasteiger charge is -2.43. The van der Waals surface area contributed by atoms with Gasteiger partial charge in [0, 0.05) is 11.3 Å². The first-order chi connectivity index (χ1) is 10.5. The van der Waals surface area contributed by atoms with E-state index in [4.69, 9.17) is 9.47 Å². The fourth-order valence-corrected chi connectivity index (χ4v) is 4.60. The largest absolute Gasteiger partial charge is 0.393 e. The second kappa shape index (κ2) is 4.66. The molecule has 2 saturated heterocycles. The molecule has 0 spiro atoms. The first-order valence-corrected chi connectivity index (χ1v) is 7.92. The standard InChI is InChI=1S/C18H20O4/c1-10-3-4-14-12(5-10)13-9-21-8-11(13)7-18(14,2)15-6-16(19)22-17(15)20/h3-5,11,13,15H,6-9H2,1-2H3. The molecule has 4 unspecified atom stereocenters. The number of carbonyl (C=O) groups is 2. The first kappa shape index (κ1) is 13.9. The van der Waals surface area contributed by atoms with Crippen LogP contribution in [0.3, 0.4) is 0 Å². The van der Waals surface area contributed by atoms with Gasteiger partial charge in [0.2, 0.25) is 0 Å². The fraction of sp³-hybridized carbons (Fsp3) is 0.556. The zero-order valence-electron chi connectivity index (χ0n) is 12.9. The molecule has 4 rings (SSSR count). The molecule has 4 nitrogen and oxygen atoms in total. The van der Waals surface area contributed by atoms with Crippen LogP contribution < -0.4 is 0 Å². The summed E-state index contributed by atoms with van der Waals surface area (Å²) in [5, 5.41) is 0. The van der Waals surface area contributed by atoms with Gasteiger partial charge in [0.1, 0.15) is 0 Å². The predicted molar refractivity (Wildman–Crippen MR) is 79.4 cm³/mol. The third kappa shape index (κ3) is 1.86. The molecule has 2 aliphatic heterocycles. The van der Waals surface area contributed by atoms with Crippen molar-refractivity contribution in [2.24, 2.45) is 11.8 Å². The fourth-order valence-electron chi connectivity index (χ4n) is 4.60. The molecule has 2 heterocycles. The van der Waals surface area contributed by atoms with Gasteiger partial charge in [0.25, 0.3) is 0 Å². The molecule has 0 radical (unpaired) electrons. The number of esters is 2. The maximum absolute atomic E-state index is 12.2. The molecule has 0 saturated carbocycles. The highest BCUT2D eigenvalue weighted by atomic mass is 16.6. The van der Waals surface area contributed by atoms with Crippen molar-refractivity contribution in [3.63, 3.8) is 0 Å². The van der Waals surface area contributed by atoms with Crippen LogP contribution in [0.4, 0.5) is 0 Å². The van der Waals surface area contributed by atoms with E-state index in [9.17, 15) is 9.59 Å². The average Bonchev–Trinajstić information content (AvgIpc) is 3.05. The van der Waals surface area contributed by atoms with E-state index in [0.717, 1.165) is 19.6 Å². The van der Waals surface area contributed by atoms with E-state index in [1.54, 1.807) is 0 Å². The van der Waals surface area contributed by atoms with Crippen LogP contribution in [0.5, 0.6) is 0 Å². The summed E-state index contributed by atoms with van der Waals surface area (Å²) in [7, 11) is 0. The molecule has 0 N–H and O–H groups in total. The summed E-state index contributed by atoms with van der Waals surface area (Å²) < 4.78 is 10.5. The van der Waals surface area contributed by atoms with Crippen molar-refractivity contribution in [3.05, 3.63) is 34.9 Å². The maximum atomic E-state index is 12.2. The number of ether oxygens (including phenoxy) is 2. The Balaban J connectivity index is 1.85. The zero-order valence-corrected chi connectivity index (χ0v) is 12.9. The van der Waals surface area contributed by atoms with E-state index in [1.165, 1.54) is 16.7 Å². The van der Waals surface area contributed by atoms with E-state index >= 15 is 0 Å². The van der Waals surface area contributed by atoms with Crippen molar-refractivity contribution in [2.45, 2.75) is 38.0 Å². The van der Waals surface area contributed by atoms with Crippen LogP contribution in [-0.4, -0.2) is 25.2 Å². The molecule has 0 amide bonds. The second-order valence-corrected chi connectivity index (χ2v) is 7.17. The highest BCUT2D eigenvalue weighted by Gasteiger charge is 2.53. The number of hydrogen-bond donors (Lipinski definition) is 0. The Labute approximate surface area is 129 Å². The van der Waals surface area contributed by atoms with Crippen molar-refractivity contribution in [1.82, 2.24) is 0 Å². The number of rotatable bonds is 1. The molecule has 0 bridgehead atoms. The summed E-state index contributed by atoms with van der Waals surface area (Å²) in [5.74, 6) is -0.298. The Morgan fingerprint density at radius 3 is 2.77 bits per heavy atom. The second-order valence-electron chi connectivity index (χ2n) is 7.17. The van der Waals surface area contributed by atoms with Gasteiger partial charge in [-0.05, 0) is 30.4 Å². The molecular formula is C18H20O4. The van der Waals surface area contributed by atoms with E-state index in [0.29, 0.717) is 11.8 Å². The van der Waals surface area contributed by atoms with E-state index in [2.05, 4.69) is 32.0 Å². The van der Waals surface area contributed by atoms with E-state index < -0.39 is 5.97 Å². The van der Waals surface area contributed by atoms with Gasteiger partial charge in [-0.3, -0.25) is 9.59 Å². The van der Waals surface area contributed by atoms with Crippen LogP contribution in [0.25, 0.3) is 0 Å². The Morgan fingerprint density at radius 1 is 1.23 bits per heavy atom. The SMILES string of the molecule is Cc1ccc2c(c1)C1COCC1CC2(C)C1CC(=O)OC1=O. The number of hydrogen-bond acceptors (Lipinski definition) is 4. The highest BCUT2D eigenvalue weighted by molar-refractivity contribution is 5.95. The summed E-state index contributed by atoms with van der Waals surface area (Å²) in [5.41, 5.74) is 3.37. The zero-order chi connectivity index (χ0) is 15.5. The van der Waals surface area contributed by atoms with Crippen LogP contribution in [0.2, 0.25) is 0 Å². The number of aryl methyl sites for hydroxylation is 1. The molecule has 1 aromatic carbocycles. The number of carbonyl (C=O) groups excluding carboxylic acids is 2. The Kier molecular flexibility index (Phi) is 2.95. The molecule has 4 atom stereocenters. The van der Waals surface area contributed by atoms with Crippen molar-refractivity contribution < 1.29 is 19.1 Å². The minimum atomic E-state index is -0.394. The van der Waals surface area contributed by atoms with Gasteiger partial charge in [0.05, 0.1) is 25.6 Å². The van der Waals surface area contributed by atoms with Crippen molar-refractivity contribution in [3.8, 4) is 0 Å². The molecule has 2 fully saturated rings. The maximum Gasteiger partial charge on any atom is 0.318 e. The third-order valence-corrected chi connectivity index (χ3v) is 5.75. The van der Waals surface area contributed by atoms with Crippen molar-refractivity contribution >= 4 is 11.9 Å². The number of benzene rings is 1. The molecule has 4 heteroatoms. The molecule has 1 aliphatic carbocycles. The minimum absolute atomic E-state index is 0.195. The van der Waals surface area contributed by atoms with Gasteiger partial charge in [-0.25, -0.2) is 0 Å². The van der Waals surface area contributed by atoms with Gasteiger partial charge in [-0.1, -0.05) is 30.7 Å². The normalized spacial score (nSPS) is 36.9. The van der Waals surface area contributed by atoms with E-state index in [1.807, 2.05) is 0 Å². The predicted octanol–water partition coefficient (Wildman–Crippen LogP) is 2.48. The summed E-state index contributed by atoms with van der Waals surface area (Å²) in [6, 6.07) is 6.45. The third-order valence-electron chi connectivity index (χ3n) is 5.75. The van der Waals surface area contributed by atoms with Crippen molar-refractivity contribution in [1.29, 1.82) is 0 Å². The van der Waals surface area contributed by atoms with Gasteiger partial charge >= 0.3 is 11.9 Å². The summed E-state index contributed by atoms with van der Waals surface area (Å²) >= 11 is 0. The number of fused-ring (bicyclic) bond motifs is 3. The molecule has 22 heavy (non-hydrogen) atoms. The van der Waals surface area contributed by atoms with Crippen LogP contribution in [-0.2, 0) is 24.5 Å². The Morgan fingerprint density at radius 2 is 2.05 bits per heavy atom. The number of cyclic esters (lactones) is 2. The molecule has 116 valence electrons. The molecular weight excluding hydrogens is 280 g/mol. The first-order valence-electron chi connectivity index (χ1n) is 7.92. The lowest BCUT2D eigenvalue weighted by molar-refractivity contribution is -0.153. The van der Waals surface area contributed by atoms with Crippen LogP contribution in [0.15, 0.2) is 18.2 Å². The van der Waals surface area contributed by atoms with Gasteiger partial charge in [-0.15, -0.1) is 0 Å². The van der Waals surface area contributed by atoms with E-state index in [-0.39, 0.29) is 23.7 Å². The summed E-state index contributed by atoms with van der Waals surface area (Å²) in [4.78, 5) is 23.8. The minimum Gasteiger partial charge on any atom is -0.393 e. The van der Waals surface area contributed by atoms with Crippen molar-refractivity contribution in [2.75, 3.05) is 13.2 Å². The summed E-state index contributed by atoms with van der Waals surface area (Å²) in [6.45, 7) is 5.69. The van der Waals surface area contributed by atoms with Gasteiger partial charge in [0.15, 0.2) is 0 Å². The average molecular weight is 300 g/mol. The van der Waals surface area contributed by atoms with Gasteiger partial charge < -0.3 is 9.47 Å². The highest BCUT2D eigenvalue weighted by Crippen LogP contribution is 2.53. The monoisotopic (exact) mass is 300 g/mol. The lowest BCUT2D eigenvalue weighted by Crippen LogP contribution is -2.42. The van der Waals surface area contributed by atoms with Gasteiger partial charge in [-0.2, -0.15) is 0 Å².